The van der Waals surface area contributed by atoms with E-state index in [1.54, 1.807) is 0 Å². The van der Waals surface area contributed by atoms with Gasteiger partial charge in [0.15, 0.2) is 0 Å². The zero-order valence-electron chi connectivity index (χ0n) is 16.9. The Morgan fingerprint density at radius 2 is 1.79 bits per heavy atom. The van der Waals surface area contributed by atoms with Crippen molar-refractivity contribution in [3.63, 3.8) is 0 Å². The van der Waals surface area contributed by atoms with E-state index in [1.165, 1.54) is 12.8 Å². The van der Waals surface area contributed by atoms with Crippen LogP contribution in [0.4, 0.5) is 5.69 Å². The van der Waals surface area contributed by atoms with Crippen LogP contribution in [0.5, 0.6) is 0 Å². The molecule has 2 atom stereocenters. The smallest absolute Gasteiger partial charge is 0.309 e. The topological polar surface area (TPSA) is 73.9 Å². The van der Waals surface area contributed by atoms with Crippen molar-refractivity contribution in [1.29, 1.82) is 0 Å². The van der Waals surface area contributed by atoms with Crippen LogP contribution in [0.1, 0.15) is 37.3 Å². The highest BCUT2D eigenvalue weighted by Gasteiger charge is 2.25. The van der Waals surface area contributed by atoms with Crippen LogP contribution >= 0.6 is 0 Å². The van der Waals surface area contributed by atoms with Crippen molar-refractivity contribution in [3.8, 4) is 0 Å². The minimum atomic E-state index is -0.585. The Hall–Kier alpha value is -2.12. The first-order chi connectivity index (χ1) is 13.5. The van der Waals surface area contributed by atoms with E-state index < -0.39 is 11.8 Å². The molecule has 1 aromatic carbocycles. The molecule has 0 spiro atoms. The molecule has 2 amide bonds. The van der Waals surface area contributed by atoms with Crippen molar-refractivity contribution in [3.05, 3.63) is 29.8 Å². The number of carbonyl (C=O) groups is 2. The van der Waals surface area contributed by atoms with Crippen LogP contribution in [0.15, 0.2) is 24.3 Å². The fourth-order valence-corrected chi connectivity index (χ4v) is 3.87. The summed E-state index contributed by atoms with van der Waals surface area (Å²) in [6, 6.07) is 8.49. The van der Waals surface area contributed by atoms with Gasteiger partial charge in [-0.2, -0.15) is 0 Å². The fourth-order valence-electron chi connectivity index (χ4n) is 3.87. The van der Waals surface area contributed by atoms with Gasteiger partial charge in [-0.3, -0.25) is 14.5 Å². The Morgan fingerprint density at radius 1 is 1.11 bits per heavy atom. The second-order valence-corrected chi connectivity index (χ2v) is 7.80. The number of nitrogens with one attached hydrogen (secondary N) is 2. The van der Waals surface area contributed by atoms with Gasteiger partial charge in [0, 0.05) is 39.5 Å². The van der Waals surface area contributed by atoms with Gasteiger partial charge in [0.05, 0.1) is 12.1 Å². The number of rotatable bonds is 7. The Labute approximate surface area is 167 Å². The standard InChI is InChI=1S/C21H32N4O3/c1-24(2)17-9-7-16(8-10-17)19(25-11-3-4-12-25)15-23-21(27)20(26)22-14-18-6-5-13-28-18/h7-10,18-19H,3-6,11-15H2,1-2H3,(H,22,26)(H,23,27)/t18-,19+/m0/s1. The molecule has 2 aliphatic heterocycles. The number of amides is 2. The molecular weight excluding hydrogens is 356 g/mol. The van der Waals surface area contributed by atoms with E-state index in [-0.39, 0.29) is 12.1 Å². The lowest BCUT2D eigenvalue weighted by atomic mass is 10.0. The molecule has 28 heavy (non-hydrogen) atoms. The maximum absolute atomic E-state index is 12.3. The monoisotopic (exact) mass is 388 g/mol. The average Bonchev–Trinajstić information content (AvgIpc) is 3.40. The van der Waals surface area contributed by atoms with Crippen LogP contribution < -0.4 is 15.5 Å². The third kappa shape index (κ3) is 5.45. The molecule has 0 aromatic heterocycles. The highest BCUT2D eigenvalue weighted by molar-refractivity contribution is 6.35. The molecule has 0 aliphatic carbocycles. The Morgan fingerprint density at radius 3 is 2.39 bits per heavy atom. The normalized spacial score (nSPS) is 20.7. The lowest BCUT2D eigenvalue weighted by Gasteiger charge is -2.28. The van der Waals surface area contributed by atoms with Crippen molar-refractivity contribution in [2.24, 2.45) is 0 Å². The summed E-state index contributed by atoms with van der Waals surface area (Å²) in [5.41, 5.74) is 2.30. The van der Waals surface area contributed by atoms with Crippen LogP contribution in [0, 0.1) is 0 Å². The number of benzene rings is 1. The molecule has 7 heteroatoms. The van der Waals surface area contributed by atoms with Gasteiger partial charge in [0.25, 0.3) is 0 Å². The van der Waals surface area contributed by atoms with Crippen molar-refractivity contribution in [1.82, 2.24) is 15.5 Å². The van der Waals surface area contributed by atoms with Gasteiger partial charge in [-0.1, -0.05) is 12.1 Å². The van der Waals surface area contributed by atoms with Crippen LogP contribution in [-0.2, 0) is 14.3 Å². The summed E-state index contributed by atoms with van der Waals surface area (Å²) in [5, 5.41) is 5.51. The molecule has 1 aromatic rings. The van der Waals surface area contributed by atoms with E-state index >= 15 is 0 Å². The second kappa shape index (κ2) is 9.89. The predicted octanol–water partition coefficient (Wildman–Crippen LogP) is 1.30. The summed E-state index contributed by atoms with van der Waals surface area (Å²) in [7, 11) is 4.03. The van der Waals surface area contributed by atoms with E-state index in [4.69, 9.17) is 4.74 Å². The van der Waals surface area contributed by atoms with Crippen molar-refractivity contribution < 1.29 is 14.3 Å². The van der Waals surface area contributed by atoms with Crippen molar-refractivity contribution in [2.75, 3.05) is 51.8 Å². The molecule has 3 rings (SSSR count). The van der Waals surface area contributed by atoms with Crippen molar-refractivity contribution >= 4 is 17.5 Å². The number of ether oxygens (including phenoxy) is 1. The lowest BCUT2D eigenvalue weighted by Crippen LogP contribution is -2.45. The number of hydrogen-bond donors (Lipinski definition) is 2. The van der Waals surface area contributed by atoms with E-state index in [2.05, 4.69) is 44.7 Å². The predicted molar refractivity (Wildman–Crippen MR) is 109 cm³/mol. The van der Waals surface area contributed by atoms with Crippen LogP contribution in [0.25, 0.3) is 0 Å². The first-order valence-electron chi connectivity index (χ1n) is 10.2. The summed E-state index contributed by atoms with van der Waals surface area (Å²) in [5.74, 6) is -1.16. The number of nitrogens with zero attached hydrogens (tertiary/aromatic N) is 2. The lowest BCUT2D eigenvalue weighted by molar-refractivity contribution is -0.139. The number of anilines is 1. The molecule has 2 N–H and O–H groups in total. The molecule has 0 unspecified atom stereocenters. The third-order valence-electron chi connectivity index (χ3n) is 5.55. The van der Waals surface area contributed by atoms with Crippen LogP contribution in [0.3, 0.4) is 0 Å². The molecule has 0 bridgehead atoms. The molecule has 2 fully saturated rings. The molecule has 2 saturated heterocycles. The maximum atomic E-state index is 12.3. The summed E-state index contributed by atoms with van der Waals surface area (Å²) in [4.78, 5) is 28.8. The molecular formula is C21H32N4O3. The summed E-state index contributed by atoms with van der Waals surface area (Å²) < 4.78 is 5.48. The molecule has 154 valence electrons. The molecule has 7 nitrogen and oxygen atoms in total. The summed E-state index contributed by atoms with van der Waals surface area (Å²) >= 11 is 0. The highest BCUT2D eigenvalue weighted by Crippen LogP contribution is 2.26. The highest BCUT2D eigenvalue weighted by atomic mass is 16.5. The molecule has 0 saturated carbocycles. The van der Waals surface area contributed by atoms with Gasteiger partial charge >= 0.3 is 11.8 Å². The van der Waals surface area contributed by atoms with Gasteiger partial charge in [0.1, 0.15) is 0 Å². The first-order valence-corrected chi connectivity index (χ1v) is 10.2. The minimum Gasteiger partial charge on any atom is -0.378 e. The Bertz CT molecular complexity index is 650. The van der Waals surface area contributed by atoms with E-state index in [9.17, 15) is 9.59 Å². The Kier molecular flexibility index (Phi) is 7.28. The third-order valence-corrected chi connectivity index (χ3v) is 5.55. The number of carbonyl (C=O) groups excluding carboxylic acids is 2. The van der Waals surface area contributed by atoms with Crippen molar-refractivity contribution in [2.45, 2.75) is 37.8 Å². The molecule has 0 radical (unpaired) electrons. The average molecular weight is 389 g/mol. The summed E-state index contributed by atoms with van der Waals surface area (Å²) in [6.07, 6.45) is 4.31. The van der Waals surface area contributed by atoms with Gasteiger partial charge < -0.3 is 20.3 Å². The van der Waals surface area contributed by atoms with E-state index in [1.807, 2.05) is 14.1 Å². The van der Waals surface area contributed by atoms with Gasteiger partial charge in [0.2, 0.25) is 0 Å². The maximum Gasteiger partial charge on any atom is 0.309 e. The number of likely N-dealkylation sites (tertiary alicyclic amines) is 1. The number of hydrogen-bond acceptors (Lipinski definition) is 5. The Balaban J connectivity index is 1.56. The first kappa shape index (κ1) is 20.6. The van der Waals surface area contributed by atoms with Gasteiger partial charge in [-0.05, 0) is 56.5 Å². The van der Waals surface area contributed by atoms with Crippen LogP contribution in [0.2, 0.25) is 0 Å². The zero-order chi connectivity index (χ0) is 19.9. The quantitative estimate of drug-likeness (QED) is 0.689. The van der Waals surface area contributed by atoms with Gasteiger partial charge in [-0.25, -0.2) is 0 Å². The molecule has 2 heterocycles. The SMILES string of the molecule is CN(C)c1ccc([C@@H](CNC(=O)C(=O)NC[C@@H]2CCCO2)N2CCCC2)cc1. The second-order valence-electron chi connectivity index (χ2n) is 7.80. The van der Waals surface area contributed by atoms with Crippen LogP contribution in [-0.4, -0.2) is 69.7 Å². The fraction of sp³-hybridized carbons (Fsp3) is 0.619. The van der Waals surface area contributed by atoms with E-state index in [0.29, 0.717) is 13.1 Å². The molecule has 2 aliphatic rings. The zero-order valence-corrected chi connectivity index (χ0v) is 16.9. The largest absolute Gasteiger partial charge is 0.378 e. The summed E-state index contributed by atoms with van der Waals surface area (Å²) in [6.45, 7) is 3.58. The minimum absolute atomic E-state index is 0.0318. The van der Waals surface area contributed by atoms with E-state index in [0.717, 1.165) is 43.8 Å². The van der Waals surface area contributed by atoms with Gasteiger partial charge in [-0.15, -0.1) is 0 Å².